The highest BCUT2D eigenvalue weighted by molar-refractivity contribution is 5.42. The van der Waals surface area contributed by atoms with E-state index in [1.807, 2.05) is 6.92 Å². The second kappa shape index (κ2) is 5.65. The van der Waals surface area contributed by atoms with Gasteiger partial charge in [0, 0.05) is 24.4 Å². The lowest BCUT2D eigenvalue weighted by molar-refractivity contribution is 0.328. The number of rotatable bonds is 3. The second-order valence-corrected chi connectivity index (χ2v) is 5.81. The molecule has 4 heteroatoms. The Bertz CT molecular complexity index is 582. The third-order valence-electron chi connectivity index (χ3n) is 4.12. The fourth-order valence-electron chi connectivity index (χ4n) is 3.00. The summed E-state index contributed by atoms with van der Waals surface area (Å²) >= 11 is 0. The number of nitrogen functional groups attached to an aromatic ring is 1. The van der Waals surface area contributed by atoms with Crippen LogP contribution in [-0.2, 0) is 6.42 Å². The van der Waals surface area contributed by atoms with E-state index in [9.17, 15) is 0 Å². The summed E-state index contributed by atoms with van der Waals surface area (Å²) in [4.78, 5) is 4.21. The van der Waals surface area contributed by atoms with Crippen LogP contribution in [0.2, 0.25) is 0 Å². The van der Waals surface area contributed by atoms with Crippen LogP contribution in [-0.4, -0.2) is 14.8 Å². The molecule has 1 saturated carbocycles. The van der Waals surface area contributed by atoms with Gasteiger partial charge in [0.2, 0.25) is 0 Å². The van der Waals surface area contributed by atoms with Crippen molar-refractivity contribution in [2.75, 3.05) is 5.73 Å². The number of aryl methyl sites for hydroxylation is 1. The van der Waals surface area contributed by atoms with Crippen LogP contribution in [0.1, 0.15) is 55.0 Å². The molecular weight excluding hydrogens is 248 g/mol. The SMILES string of the molecule is Cc1cnc(N)c(Cc2ccn(C3CCCCC3)n2)c1. The highest BCUT2D eigenvalue weighted by Gasteiger charge is 2.16. The number of hydrogen-bond acceptors (Lipinski definition) is 3. The molecular formula is C16H22N4. The van der Waals surface area contributed by atoms with E-state index in [0.717, 1.165) is 23.2 Å². The van der Waals surface area contributed by atoms with Crippen LogP contribution < -0.4 is 5.73 Å². The first-order chi connectivity index (χ1) is 9.72. The molecule has 2 heterocycles. The van der Waals surface area contributed by atoms with Crippen molar-refractivity contribution >= 4 is 5.82 Å². The van der Waals surface area contributed by atoms with E-state index in [2.05, 4.69) is 28.0 Å². The molecule has 0 spiro atoms. The van der Waals surface area contributed by atoms with Crippen LogP contribution >= 0.6 is 0 Å². The molecule has 0 amide bonds. The van der Waals surface area contributed by atoms with Gasteiger partial charge >= 0.3 is 0 Å². The van der Waals surface area contributed by atoms with Crippen LogP contribution in [0.5, 0.6) is 0 Å². The second-order valence-electron chi connectivity index (χ2n) is 5.81. The molecule has 0 radical (unpaired) electrons. The Morgan fingerprint density at radius 3 is 2.90 bits per heavy atom. The average molecular weight is 270 g/mol. The van der Waals surface area contributed by atoms with Gasteiger partial charge in [-0.2, -0.15) is 5.10 Å². The van der Waals surface area contributed by atoms with E-state index in [1.165, 1.54) is 32.1 Å². The zero-order valence-electron chi connectivity index (χ0n) is 12.0. The minimum absolute atomic E-state index is 0.588. The van der Waals surface area contributed by atoms with Crippen molar-refractivity contribution in [2.24, 2.45) is 0 Å². The zero-order chi connectivity index (χ0) is 13.9. The summed E-state index contributed by atoms with van der Waals surface area (Å²) in [6.45, 7) is 2.04. The summed E-state index contributed by atoms with van der Waals surface area (Å²) in [5.41, 5.74) is 9.23. The highest BCUT2D eigenvalue weighted by atomic mass is 15.3. The minimum atomic E-state index is 0.588. The summed E-state index contributed by atoms with van der Waals surface area (Å²) in [5.74, 6) is 0.614. The monoisotopic (exact) mass is 270 g/mol. The predicted octanol–water partition coefficient (Wildman–Crippen LogP) is 3.26. The molecule has 20 heavy (non-hydrogen) atoms. The molecule has 2 aromatic rings. The number of nitrogens with two attached hydrogens (primary N) is 1. The van der Waals surface area contributed by atoms with Gasteiger partial charge in [0.1, 0.15) is 5.82 Å². The molecule has 3 rings (SSSR count). The minimum Gasteiger partial charge on any atom is -0.383 e. The Hall–Kier alpha value is -1.84. The zero-order valence-corrected chi connectivity index (χ0v) is 12.0. The fraction of sp³-hybridized carbons (Fsp3) is 0.500. The van der Waals surface area contributed by atoms with Gasteiger partial charge < -0.3 is 5.73 Å². The number of pyridine rings is 1. The van der Waals surface area contributed by atoms with Crippen LogP contribution in [0.25, 0.3) is 0 Å². The van der Waals surface area contributed by atoms with E-state index < -0.39 is 0 Å². The molecule has 0 atom stereocenters. The van der Waals surface area contributed by atoms with Crippen molar-refractivity contribution in [3.8, 4) is 0 Å². The molecule has 2 N–H and O–H groups in total. The lowest BCUT2D eigenvalue weighted by Gasteiger charge is -2.21. The molecule has 0 bridgehead atoms. The number of hydrogen-bond donors (Lipinski definition) is 1. The fourth-order valence-corrected chi connectivity index (χ4v) is 3.00. The van der Waals surface area contributed by atoms with E-state index >= 15 is 0 Å². The largest absolute Gasteiger partial charge is 0.383 e. The van der Waals surface area contributed by atoms with Crippen LogP contribution in [0.4, 0.5) is 5.82 Å². The molecule has 2 aromatic heterocycles. The molecule has 1 aliphatic rings. The topological polar surface area (TPSA) is 56.7 Å². The molecule has 1 aliphatic carbocycles. The van der Waals surface area contributed by atoms with Gasteiger partial charge in [-0.3, -0.25) is 4.68 Å². The predicted molar refractivity (Wildman–Crippen MR) is 80.5 cm³/mol. The van der Waals surface area contributed by atoms with Gasteiger partial charge in [-0.15, -0.1) is 0 Å². The lowest BCUT2D eigenvalue weighted by atomic mass is 9.96. The first kappa shape index (κ1) is 13.2. The van der Waals surface area contributed by atoms with Crippen molar-refractivity contribution in [1.29, 1.82) is 0 Å². The number of nitrogens with zero attached hydrogens (tertiary/aromatic N) is 3. The Kier molecular flexibility index (Phi) is 3.72. The number of aromatic nitrogens is 3. The van der Waals surface area contributed by atoms with Gasteiger partial charge in [0.15, 0.2) is 0 Å². The van der Waals surface area contributed by atoms with Crippen LogP contribution in [0, 0.1) is 6.92 Å². The van der Waals surface area contributed by atoms with Gasteiger partial charge in [-0.05, 0) is 31.4 Å². The van der Waals surface area contributed by atoms with E-state index in [4.69, 9.17) is 10.8 Å². The maximum absolute atomic E-state index is 5.94. The van der Waals surface area contributed by atoms with Gasteiger partial charge in [0.25, 0.3) is 0 Å². The van der Waals surface area contributed by atoms with Crippen LogP contribution in [0.15, 0.2) is 24.5 Å². The molecule has 1 fully saturated rings. The van der Waals surface area contributed by atoms with Gasteiger partial charge in [0.05, 0.1) is 11.7 Å². The Balaban J connectivity index is 1.75. The molecule has 0 aliphatic heterocycles. The summed E-state index contributed by atoms with van der Waals surface area (Å²) in [6.07, 6.45) is 11.2. The first-order valence-corrected chi connectivity index (χ1v) is 7.47. The Labute approximate surface area is 120 Å². The normalized spacial score (nSPS) is 16.4. The maximum Gasteiger partial charge on any atom is 0.126 e. The van der Waals surface area contributed by atoms with E-state index in [-0.39, 0.29) is 0 Å². The van der Waals surface area contributed by atoms with Gasteiger partial charge in [-0.1, -0.05) is 25.3 Å². The van der Waals surface area contributed by atoms with Crippen molar-refractivity contribution < 1.29 is 0 Å². The summed E-state index contributed by atoms with van der Waals surface area (Å²) < 4.78 is 2.15. The standard InChI is InChI=1S/C16H22N4/c1-12-9-13(16(17)18-11-12)10-14-7-8-20(19-14)15-5-3-2-4-6-15/h7-9,11,15H,2-6,10H2,1H3,(H2,17,18). The number of anilines is 1. The van der Waals surface area contributed by atoms with Crippen molar-refractivity contribution in [3.63, 3.8) is 0 Å². The highest BCUT2D eigenvalue weighted by Crippen LogP contribution is 2.27. The molecule has 0 aromatic carbocycles. The Morgan fingerprint density at radius 2 is 2.10 bits per heavy atom. The summed E-state index contributed by atoms with van der Waals surface area (Å²) in [5, 5.41) is 4.73. The van der Waals surface area contributed by atoms with E-state index in [1.54, 1.807) is 6.20 Å². The molecule has 106 valence electrons. The summed E-state index contributed by atoms with van der Waals surface area (Å²) in [6, 6.07) is 4.80. The van der Waals surface area contributed by atoms with Gasteiger partial charge in [-0.25, -0.2) is 4.98 Å². The van der Waals surface area contributed by atoms with Crippen molar-refractivity contribution in [2.45, 2.75) is 51.5 Å². The third-order valence-corrected chi connectivity index (χ3v) is 4.12. The van der Waals surface area contributed by atoms with Crippen LogP contribution in [0.3, 0.4) is 0 Å². The van der Waals surface area contributed by atoms with E-state index in [0.29, 0.717) is 11.9 Å². The van der Waals surface area contributed by atoms with Crippen molar-refractivity contribution in [1.82, 2.24) is 14.8 Å². The maximum atomic E-state index is 5.94. The Morgan fingerprint density at radius 1 is 1.30 bits per heavy atom. The molecule has 4 nitrogen and oxygen atoms in total. The average Bonchev–Trinajstić information content (AvgIpc) is 2.92. The lowest BCUT2D eigenvalue weighted by Crippen LogP contribution is -2.13. The third kappa shape index (κ3) is 2.84. The smallest absolute Gasteiger partial charge is 0.126 e. The quantitative estimate of drug-likeness (QED) is 0.931. The summed E-state index contributed by atoms with van der Waals surface area (Å²) in [7, 11) is 0. The molecule has 0 saturated heterocycles. The first-order valence-electron chi connectivity index (χ1n) is 7.47. The molecule has 0 unspecified atom stereocenters. The van der Waals surface area contributed by atoms with Crippen molar-refractivity contribution in [3.05, 3.63) is 41.3 Å².